The number of nitrogens with one attached hydrogen (secondary N) is 1. The second kappa shape index (κ2) is 6.20. The standard InChI is InChI=1S/C14H21BrN4S/c1-3-16-14-11(15)12(9-4-5-9)17-13(18-14)10-8-20-7-6-19(10)2/h9-10H,3-8H2,1-2H3,(H,16,17,18). The van der Waals surface area contributed by atoms with Crippen LogP contribution < -0.4 is 5.32 Å². The van der Waals surface area contributed by atoms with E-state index in [0.29, 0.717) is 12.0 Å². The van der Waals surface area contributed by atoms with Crippen molar-refractivity contribution in [3.63, 3.8) is 0 Å². The van der Waals surface area contributed by atoms with E-state index in [1.165, 1.54) is 24.3 Å². The van der Waals surface area contributed by atoms with Crippen LogP contribution in [-0.2, 0) is 0 Å². The Labute approximate surface area is 133 Å². The van der Waals surface area contributed by atoms with Gasteiger partial charge in [-0.15, -0.1) is 0 Å². The lowest BCUT2D eigenvalue weighted by molar-refractivity contribution is 0.264. The maximum atomic E-state index is 4.90. The van der Waals surface area contributed by atoms with Crippen LogP contribution in [0.1, 0.15) is 43.2 Å². The van der Waals surface area contributed by atoms with Gasteiger partial charge < -0.3 is 5.32 Å². The third-order valence-corrected chi connectivity index (χ3v) is 5.70. The Hall–Kier alpha value is -0.330. The summed E-state index contributed by atoms with van der Waals surface area (Å²) < 4.78 is 1.07. The molecule has 1 aromatic heterocycles. The monoisotopic (exact) mass is 356 g/mol. The quantitative estimate of drug-likeness (QED) is 0.896. The molecule has 0 aromatic carbocycles. The molecule has 20 heavy (non-hydrogen) atoms. The van der Waals surface area contributed by atoms with Crippen molar-refractivity contribution in [1.29, 1.82) is 0 Å². The summed E-state index contributed by atoms with van der Waals surface area (Å²) in [5, 5.41) is 3.37. The molecule has 4 nitrogen and oxygen atoms in total. The molecule has 1 saturated carbocycles. The third-order valence-electron chi connectivity index (χ3n) is 3.90. The predicted octanol–water partition coefficient (Wildman–Crippen LogP) is 3.27. The summed E-state index contributed by atoms with van der Waals surface area (Å²) >= 11 is 5.69. The molecule has 6 heteroatoms. The molecule has 1 saturated heterocycles. The second-order valence-corrected chi connectivity index (χ2v) is 7.45. The first kappa shape index (κ1) is 14.6. The highest BCUT2D eigenvalue weighted by molar-refractivity contribution is 9.10. The van der Waals surface area contributed by atoms with Crippen molar-refractivity contribution in [2.24, 2.45) is 0 Å². The summed E-state index contributed by atoms with van der Waals surface area (Å²) in [6.45, 7) is 4.10. The largest absolute Gasteiger partial charge is 0.369 e. The first-order chi connectivity index (χ1) is 9.70. The lowest BCUT2D eigenvalue weighted by Crippen LogP contribution is -2.34. The molecule has 3 rings (SSSR count). The highest BCUT2D eigenvalue weighted by Crippen LogP contribution is 2.44. The Morgan fingerprint density at radius 2 is 2.20 bits per heavy atom. The molecule has 1 atom stereocenters. The van der Waals surface area contributed by atoms with Gasteiger partial charge in [0.1, 0.15) is 11.6 Å². The fraction of sp³-hybridized carbons (Fsp3) is 0.714. The Morgan fingerprint density at radius 1 is 1.40 bits per heavy atom. The average Bonchev–Trinajstić information content (AvgIpc) is 3.26. The highest BCUT2D eigenvalue weighted by atomic mass is 79.9. The molecule has 1 unspecified atom stereocenters. The van der Waals surface area contributed by atoms with Crippen molar-refractivity contribution in [3.8, 4) is 0 Å². The zero-order chi connectivity index (χ0) is 14.1. The van der Waals surface area contributed by atoms with Crippen LogP contribution in [0, 0.1) is 0 Å². The van der Waals surface area contributed by atoms with Crippen molar-refractivity contribution in [2.45, 2.75) is 31.7 Å². The second-order valence-electron chi connectivity index (χ2n) is 5.51. The van der Waals surface area contributed by atoms with Crippen molar-refractivity contribution < 1.29 is 0 Å². The Kier molecular flexibility index (Phi) is 4.52. The molecule has 0 amide bonds. The van der Waals surface area contributed by atoms with Crippen LogP contribution in [0.2, 0.25) is 0 Å². The number of anilines is 1. The van der Waals surface area contributed by atoms with E-state index in [9.17, 15) is 0 Å². The van der Waals surface area contributed by atoms with Crippen LogP contribution in [-0.4, -0.2) is 46.5 Å². The van der Waals surface area contributed by atoms with Gasteiger partial charge in [-0.05, 0) is 42.7 Å². The number of thioether (sulfide) groups is 1. The molecule has 2 aliphatic rings. The molecular weight excluding hydrogens is 336 g/mol. The Balaban J connectivity index is 1.96. The van der Waals surface area contributed by atoms with Gasteiger partial charge in [0.05, 0.1) is 16.2 Å². The fourth-order valence-corrected chi connectivity index (χ4v) is 4.35. The maximum Gasteiger partial charge on any atom is 0.149 e. The van der Waals surface area contributed by atoms with Crippen LogP contribution in [0.4, 0.5) is 5.82 Å². The van der Waals surface area contributed by atoms with Crippen molar-refractivity contribution in [2.75, 3.05) is 37.0 Å². The number of hydrogen-bond acceptors (Lipinski definition) is 5. The summed E-state index contributed by atoms with van der Waals surface area (Å²) in [6, 6.07) is 0.344. The molecule has 0 radical (unpaired) electrons. The van der Waals surface area contributed by atoms with Gasteiger partial charge in [0.25, 0.3) is 0 Å². The molecule has 1 aliphatic heterocycles. The number of hydrogen-bond donors (Lipinski definition) is 1. The summed E-state index contributed by atoms with van der Waals surface area (Å²) in [7, 11) is 2.18. The number of aromatic nitrogens is 2. The first-order valence-corrected chi connectivity index (χ1v) is 9.24. The highest BCUT2D eigenvalue weighted by Gasteiger charge is 2.32. The molecule has 1 aromatic rings. The van der Waals surface area contributed by atoms with E-state index in [-0.39, 0.29) is 0 Å². The maximum absolute atomic E-state index is 4.90. The van der Waals surface area contributed by atoms with Gasteiger partial charge in [-0.2, -0.15) is 11.8 Å². The van der Waals surface area contributed by atoms with Crippen LogP contribution in [0.25, 0.3) is 0 Å². The van der Waals surface area contributed by atoms with Crippen LogP contribution in [0.5, 0.6) is 0 Å². The summed E-state index contributed by atoms with van der Waals surface area (Å²) in [5.74, 6) is 4.88. The molecule has 0 bridgehead atoms. The van der Waals surface area contributed by atoms with Crippen LogP contribution in [0.15, 0.2) is 4.47 Å². The number of nitrogens with zero attached hydrogens (tertiary/aromatic N) is 3. The Bertz CT molecular complexity index is 492. The van der Waals surface area contributed by atoms with Crippen LogP contribution >= 0.6 is 27.7 Å². The minimum atomic E-state index is 0.344. The van der Waals surface area contributed by atoms with Gasteiger partial charge in [-0.3, -0.25) is 4.90 Å². The molecule has 1 N–H and O–H groups in total. The minimum absolute atomic E-state index is 0.344. The van der Waals surface area contributed by atoms with Crippen molar-refractivity contribution in [3.05, 3.63) is 16.0 Å². The summed E-state index contributed by atoms with van der Waals surface area (Å²) in [5.41, 5.74) is 1.20. The molecule has 110 valence electrons. The van der Waals surface area contributed by atoms with Crippen molar-refractivity contribution in [1.82, 2.24) is 14.9 Å². The molecule has 1 aliphatic carbocycles. The van der Waals surface area contributed by atoms with Gasteiger partial charge in [-0.25, -0.2) is 9.97 Å². The zero-order valence-corrected chi connectivity index (χ0v) is 14.4. The molecular formula is C14H21BrN4S. The lowest BCUT2D eigenvalue weighted by Gasteiger charge is -2.31. The van der Waals surface area contributed by atoms with E-state index in [1.54, 1.807) is 0 Å². The average molecular weight is 357 g/mol. The van der Waals surface area contributed by atoms with E-state index < -0.39 is 0 Å². The number of rotatable bonds is 4. The molecule has 2 heterocycles. The van der Waals surface area contributed by atoms with Gasteiger partial charge in [0, 0.05) is 30.5 Å². The van der Waals surface area contributed by atoms with E-state index >= 15 is 0 Å². The van der Waals surface area contributed by atoms with E-state index in [4.69, 9.17) is 9.97 Å². The minimum Gasteiger partial charge on any atom is -0.369 e. The summed E-state index contributed by atoms with van der Waals surface area (Å²) in [4.78, 5) is 12.1. The third kappa shape index (κ3) is 2.97. The predicted molar refractivity (Wildman–Crippen MR) is 88.6 cm³/mol. The van der Waals surface area contributed by atoms with E-state index in [2.05, 4.69) is 40.1 Å². The van der Waals surface area contributed by atoms with E-state index in [0.717, 1.165) is 35.0 Å². The first-order valence-electron chi connectivity index (χ1n) is 7.30. The normalized spacial score (nSPS) is 23.9. The fourth-order valence-electron chi connectivity index (χ4n) is 2.50. The van der Waals surface area contributed by atoms with Gasteiger partial charge >= 0.3 is 0 Å². The van der Waals surface area contributed by atoms with E-state index in [1.807, 2.05) is 11.8 Å². The SMILES string of the molecule is CCNc1nc(C2CSCCN2C)nc(C2CC2)c1Br. The van der Waals surface area contributed by atoms with Gasteiger partial charge in [0.2, 0.25) is 0 Å². The Morgan fingerprint density at radius 3 is 2.85 bits per heavy atom. The summed E-state index contributed by atoms with van der Waals surface area (Å²) in [6.07, 6.45) is 2.52. The lowest BCUT2D eigenvalue weighted by atomic mass is 10.2. The van der Waals surface area contributed by atoms with Gasteiger partial charge in [0.15, 0.2) is 0 Å². The zero-order valence-electron chi connectivity index (χ0n) is 12.0. The molecule has 0 spiro atoms. The van der Waals surface area contributed by atoms with Gasteiger partial charge in [-0.1, -0.05) is 0 Å². The number of halogens is 1. The topological polar surface area (TPSA) is 41.1 Å². The smallest absolute Gasteiger partial charge is 0.149 e. The molecule has 2 fully saturated rings. The van der Waals surface area contributed by atoms with Crippen molar-refractivity contribution >= 4 is 33.5 Å². The van der Waals surface area contributed by atoms with Crippen LogP contribution in [0.3, 0.4) is 0 Å².